The number of hydrogen-bond donors (Lipinski definition) is 2. The fourth-order valence-corrected chi connectivity index (χ4v) is 2.46. The van der Waals surface area contributed by atoms with Gasteiger partial charge in [0.05, 0.1) is 6.20 Å². The van der Waals surface area contributed by atoms with Gasteiger partial charge in [-0.25, -0.2) is 0 Å². The van der Waals surface area contributed by atoms with Crippen LogP contribution in [0, 0.1) is 0 Å². The molecule has 1 aromatic heterocycles. The molecule has 1 heterocycles. The lowest BCUT2D eigenvalue weighted by Crippen LogP contribution is -2.10. The van der Waals surface area contributed by atoms with Gasteiger partial charge < -0.3 is 10.6 Å². The molecule has 0 aliphatic rings. The summed E-state index contributed by atoms with van der Waals surface area (Å²) >= 11 is 6.14. The molecule has 2 aromatic carbocycles. The second kappa shape index (κ2) is 8.26. The molecule has 2 N–H and O–H groups in total. The highest BCUT2D eigenvalue weighted by atomic mass is 35.5. The molecule has 0 atom stereocenters. The molecule has 0 bridgehead atoms. The zero-order valence-corrected chi connectivity index (χ0v) is 13.9. The Balaban J connectivity index is 1.53. The number of aromatic nitrogens is 3. The summed E-state index contributed by atoms with van der Waals surface area (Å²) in [6.45, 7) is 1.33. The highest BCUT2D eigenvalue weighted by molar-refractivity contribution is 6.31. The van der Waals surface area contributed by atoms with E-state index in [1.807, 2.05) is 42.5 Å². The Morgan fingerprint density at radius 2 is 1.71 bits per heavy atom. The van der Waals surface area contributed by atoms with Crippen LogP contribution in [0.5, 0.6) is 0 Å². The molecule has 0 spiro atoms. The van der Waals surface area contributed by atoms with Gasteiger partial charge in [0.1, 0.15) is 0 Å². The van der Waals surface area contributed by atoms with E-state index in [4.69, 9.17) is 11.6 Å². The maximum Gasteiger partial charge on any atom is 0.244 e. The van der Waals surface area contributed by atoms with Crippen molar-refractivity contribution < 1.29 is 0 Å². The Morgan fingerprint density at radius 3 is 2.54 bits per heavy atom. The van der Waals surface area contributed by atoms with Crippen LogP contribution in [0.2, 0.25) is 5.02 Å². The highest BCUT2D eigenvalue weighted by Crippen LogP contribution is 2.16. The molecule has 3 aromatic rings. The maximum atomic E-state index is 6.14. The van der Waals surface area contributed by atoms with Gasteiger partial charge in [0.25, 0.3) is 0 Å². The third-order valence-electron chi connectivity index (χ3n) is 3.52. The van der Waals surface area contributed by atoms with Crippen molar-refractivity contribution in [1.82, 2.24) is 15.2 Å². The summed E-state index contributed by atoms with van der Waals surface area (Å²) in [7, 11) is 0. The summed E-state index contributed by atoms with van der Waals surface area (Å²) in [5.41, 5.74) is 2.27. The molecular weight excluding hydrogens is 322 g/mol. The first-order valence-electron chi connectivity index (χ1n) is 7.76. The van der Waals surface area contributed by atoms with Crippen LogP contribution in [-0.2, 0) is 13.0 Å². The van der Waals surface area contributed by atoms with E-state index in [0.29, 0.717) is 18.3 Å². The van der Waals surface area contributed by atoms with Gasteiger partial charge in [-0.1, -0.05) is 60.1 Å². The number of rotatable bonds is 7. The quantitative estimate of drug-likeness (QED) is 0.685. The highest BCUT2D eigenvalue weighted by Gasteiger charge is 2.03. The number of halogens is 1. The van der Waals surface area contributed by atoms with Crippen LogP contribution in [0.1, 0.15) is 11.1 Å². The Morgan fingerprint density at radius 1 is 0.917 bits per heavy atom. The molecule has 0 aliphatic heterocycles. The third-order valence-corrected chi connectivity index (χ3v) is 3.88. The fourth-order valence-electron chi connectivity index (χ4n) is 2.26. The number of hydrogen-bond acceptors (Lipinski definition) is 5. The average Bonchev–Trinajstić information content (AvgIpc) is 2.62. The topological polar surface area (TPSA) is 62.7 Å². The molecule has 0 unspecified atom stereocenters. The van der Waals surface area contributed by atoms with Crippen LogP contribution in [-0.4, -0.2) is 21.7 Å². The molecule has 24 heavy (non-hydrogen) atoms. The van der Waals surface area contributed by atoms with Gasteiger partial charge >= 0.3 is 0 Å². The van der Waals surface area contributed by atoms with E-state index >= 15 is 0 Å². The molecule has 0 radical (unpaired) electrons. The Hall–Kier alpha value is -2.66. The van der Waals surface area contributed by atoms with Crippen molar-refractivity contribution in [3.05, 3.63) is 76.9 Å². The fraction of sp³-hybridized carbons (Fsp3) is 0.167. The van der Waals surface area contributed by atoms with E-state index in [1.54, 1.807) is 6.20 Å². The van der Waals surface area contributed by atoms with Gasteiger partial charge in [0.2, 0.25) is 5.95 Å². The molecule has 0 saturated heterocycles. The number of nitrogens with zero attached hydrogens (tertiary/aromatic N) is 3. The van der Waals surface area contributed by atoms with Gasteiger partial charge in [0, 0.05) is 18.1 Å². The minimum Gasteiger partial charge on any atom is -0.368 e. The summed E-state index contributed by atoms with van der Waals surface area (Å²) in [5.74, 6) is 1.17. The molecule has 3 rings (SSSR count). The molecule has 122 valence electrons. The van der Waals surface area contributed by atoms with Crippen molar-refractivity contribution in [2.75, 3.05) is 17.2 Å². The molecule has 5 nitrogen and oxygen atoms in total. The number of anilines is 2. The van der Waals surface area contributed by atoms with E-state index in [0.717, 1.165) is 23.6 Å². The molecule has 0 amide bonds. The van der Waals surface area contributed by atoms with Gasteiger partial charge in [0.15, 0.2) is 5.82 Å². The van der Waals surface area contributed by atoms with E-state index in [-0.39, 0.29) is 0 Å². The third kappa shape index (κ3) is 4.67. The van der Waals surface area contributed by atoms with Crippen LogP contribution in [0.25, 0.3) is 0 Å². The van der Waals surface area contributed by atoms with Crippen molar-refractivity contribution in [2.24, 2.45) is 0 Å². The number of benzene rings is 2. The molecule has 0 saturated carbocycles. The smallest absolute Gasteiger partial charge is 0.244 e. The molecule has 0 fully saturated rings. The van der Waals surface area contributed by atoms with Crippen molar-refractivity contribution in [3.8, 4) is 0 Å². The SMILES string of the molecule is Clc1ccccc1CNc1nncc(NCCc2ccccc2)n1. The van der Waals surface area contributed by atoms with E-state index < -0.39 is 0 Å². The number of nitrogens with one attached hydrogen (secondary N) is 2. The van der Waals surface area contributed by atoms with Crippen LogP contribution in [0.4, 0.5) is 11.8 Å². The van der Waals surface area contributed by atoms with Gasteiger partial charge in [-0.3, -0.25) is 0 Å². The van der Waals surface area contributed by atoms with Crippen molar-refractivity contribution in [2.45, 2.75) is 13.0 Å². The van der Waals surface area contributed by atoms with Crippen LogP contribution in [0.3, 0.4) is 0 Å². The second-order valence-electron chi connectivity index (χ2n) is 5.27. The van der Waals surface area contributed by atoms with E-state index in [2.05, 4.69) is 37.9 Å². The normalized spacial score (nSPS) is 10.4. The first kappa shape index (κ1) is 16.2. The Bertz CT molecular complexity index is 779. The maximum absolute atomic E-state index is 6.14. The zero-order valence-electron chi connectivity index (χ0n) is 13.1. The predicted octanol–water partition coefficient (Wildman–Crippen LogP) is 3.79. The second-order valence-corrected chi connectivity index (χ2v) is 5.68. The lowest BCUT2D eigenvalue weighted by Gasteiger charge is -2.08. The van der Waals surface area contributed by atoms with Crippen molar-refractivity contribution in [1.29, 1.82) is 0 Å². The first-order valence-corrected chi connectivity index (χ1v) is 8.14. The minimum atomic E-state index is 0.472. The molecular formula is C18H18ClN5. The van der Waals surface area contributed by atoms with Crippen LogP contribution in [0.15, 0.2) is 60.8 Å². The monoisotopic (exact) mass is 339 g/mol. The van der Waals surface area contributed by atoms with Gasteiger partial charge in [-0.05, 0) is 23.6 Å². The largest absolute Gasteiger partial charge is 0.368 e. The summed E-state index contributed by atoms with van der Waals surface area (Å²) in [5, 5.41) is 15.1. The Kier molecular flexibility index (Phi) is 5.58. The summed E-state index contributed by atoms with van der Waals surface area (Å²) in [6.07, 6.45) is 2.54. The van der Waals surface area contributed by atoms with Crippen molar-refractivity contribution >= 4 is 23.4 Å². The zero-order chi connectivity index (χ0) is 16.6. The summed E-state index contributed by atoms with van der Waals surface area (Å²) < 4.78 is 0. The van der Waals surface area contributed by atoms with E-state index in [9.17, 15) is 0 Å². The standard InChI is InChI=1S/C18H18ClN5/c19-16-9-5-4-8-15(16)12-21-18-23-17(13-22-24-18)20-11-10-14-6-2-1-3-7-14/h1-9,13H,10-12H2,(H2,20,21,23,24). The predicted molar refractivity (Wildman–Crippen MR) is 97.2 cm³/mol. The van der Waals surface area contributed by atoms with Crippen LogP contribution < -0.4 is 10.6 Å². The van der Waals surface area contributed by atoms with Gasteiger partial charge in [-0.15, -0.1) is 5.10 Å². The Labute approximate surface area is 146 Å². The van der Waals surface area contributed by atoms with Crippen molar-refractivity contribution in [3.63, 3.8) is 0 Å². The first-order chi connectivity index (χ1) is 11.8. The average molecular weight is 340 g/mol. The minimum absolute atomic E-state index is 0.472. The lowest BCUT2D eigenvalue weighted by atomic mass is 10.1. The molecule has 6 heteroatoms. The van der Waals surface area contributed by atoms with E-state index in [1.165, 1.54) is 5.56 Å². The molecule has 0 aliphatic carbocycles. The van der Waals surface area contributed by atoms with Gasteiger partial charge in [-0.2, -0.15) is 10.1 Å². The lowest BCUT2D eigenvalue weighted by molar-refractivity contribution is 0.929. The summed E-state index contributed by atoms with van der Waals surface area (Å²) in [4.78, 5) is 4.41. The summed E-state index contributed by atoms with van der Waals surface area (Å²) in [6, 6.07) is 18.0. The van der Waals surface area contributed by atoms with Crippen LogP contribution >= 0.6 is 11.6 Å².